The van der Waals surface area contributed by atoms with Crippen LogP contribution in [0.25, 0.3) is 17.0 Å². The molecule has 8 heteroatoms. The molecule has 0 unspecified atom stereocenters. The van der Waals surface area contributed by atoms with Crippen molar-refractivity contribution < 1.29 is 9.53 Å². The number of benzene rings is 3. The van der Waals surface area contributed by atoms with E-state index < -0.39 is 12.0 Å². The minimum absolute atomic E-state index is 0.199. The van der Waals surface area contributed by atoms with Gasteiger partial charge in [-0.25, -0.2) is 9.79 Å². The highest BCUT2D eigenvalue weighted by molar-refractivity contribution is 7.07. The number of rotatable bonds is 6. The van der Waals surface area contributed by atoms with E-state index in [1.165, 1.54) is 11.3 Å². The maximum Gasteiger partial charge on any atom is 0.338 e. The Morgan fingerprint density at radius 2 is 1.77 bits per heavy atom. The Bertz CT molecular complexity index is 1950. The van der Waals surface area contributed by atoms with Gasteiger partial charge in [0.15, 0.2) is 4.80 Å². The van der Waals surface area contributed by atoms with E-state index in [4.69, 9.17) is 21.3 Å². The molecule has 3 aromatic carbocycles. The number of nitrogens with zero attached hydrogens (tertiary/aromatic N) is 3. The second-order valence-electron chi connectivity index (χ2n) is 9.55. The van der Waals surface area contributed by atoms with Crippen molar-refractivity contribution in [3.63, 3.8) is 0 Å². The van der Waals surface area contributed by atoms with Gasteiger partial charge in [-0.3, -0.25) is 9.36 Å². The van der Waals surface area contributed by atoms with Gasteiger partial charge in [0.1, 0.15) is 0 Å². The highest BCUT2D eigenvalue weighted by Gasteiger charge is 2.33. The van der Waals surface area contributed by atoms with E-state index in [0.29, 0.717) is 32.2 Å². The van der Waals surface area contributed by atoms with Crippen LogP contribution in [0, 0.1) is 0 Å². The van der Waals surface area contributed by atoms with Gasteiger partial charge in [0.25, 0.3) is 5.56 Å². The van der Waals surface area contributed by atoms with E-state index in [1.807, 2.05) is 72.8 Å². The summed E-state index contributed by atoms with van der Waals surface area (Å²) in [7, 11) is 0. The van der Waals surface area contributed by atoms with E-state index in [1.54, 1.807) is 18.4 Å². The highest BCUT2D eigenvalue weighted by Crippen LogP contribution is 2.30. The SMILES string of the molecule is CCOC(=O)C1=C(C)N=c2sc(=Cc3cc4ccccc4n3Cc3ccc(Cl)cc3)c(=O)n2[C@H]1c1ccccc1. The molecule has 3 heterocycles. The monoisotopic (exact) mass is 567 g/mol. The van der Waals surface area contributed by atoms with E-state index in [0.717, 1.165) is 27.7 Å². The topological polar surface area (TPSA) is 65.6 Å². The summed E-state index contributed by atoms with van der Waals surface area (Å²) in [6.45, 7) is 4.42. The van der Waals surface area contributed by atoms with Gasteiger partial charge >= 0.3 is 5.97 Å². The first kappa shape index (κ1) is 26.0. The molecule has 1 atom stereocenters. The molecule has 2 aromatic heterocycles. The third kappa shape index (κ3) is 4.72. The maximum atomic E-state index is 14.0. The first-order valence-electron chi connectivity index (χ1n) is 13.0. The van der Waals surface area contributed by atoms with Crippen LogP contribution in [0.3, 0.4) is 0 Å². The smallest absolute Gasteiger partial charge is 0.338 e. The summed E-state index contributed by atoms with van der Waals surface area (Å²) in [5.74, 6) is -0.463. The molecule has 6 nitrogen and oxygen atoms in total. The Morgan fingerprint density at radius 1 is 1.05 bits per heavy atom. The standard InChI is InChI=1S/C32H26ClN3O3S/c1-3-39-31(38)28-20(2)34-32-36(29(28)22-9-5-4-6-10-22)30(37)27(40-32)18-25-17-23-11-7-8-12-26(23)35(25)19-21-13-15-24(33)16-14-21/h4-18,29H,3,19H2,1-2H3/t29-/m0/s1. The van der Waals surface area contributed by atoms with Crippen molar-refractivity contribution >= 4 is 45.9 Å². The third-order valence-corrected chi connectivity index (χ3v) is 8.24. The van der Waals surface area contributed by atoms with E-state index >= 15 is 0 Å². The molecule has 0 aliphatic carbocycles. The number of esters is 1. The molecule has 0 bridgehead atoms. The molecule has 0 amide bonds. The van der Waals surface area contributed by atoms with Gasteiger partial charge in [0, 0.05) is 28.2 Å². The Balaban J connectivity index is 1.54. The quantitative estimate of drug-likeness (QED) is 0.256. The number of para-hydroxylation sites is 1. The van der Waals surface area contributed by atoms with Gasteiger partial charge in [0.05, 0.1) is 28.5 Å². The molecule has 0 radical (unpaired) electrons. The number of aromatic nitrogens is 2. The first-order chi connectivity index (χ1) is 19.4. The molecule has 0 saturated carbocycles. The molecule has 1 aliphatic heterocycles. The maximum absolute atomic E-state index is 14.0. The number of hydrogen-bond donors (Lipinski definition) is 0. The van der Waals surface area contributed by atoms with Crippen molar-refractivity contribution in [1.29, 1.82) is 0 Å². The number of thiazole rings is 1. The number of ether oxygens (including phenoxy) is 1. The zero-order valence-electron chi connectivity index (χ0n) is 22.0. The predicted octanol–water partition coefficient (Wildman–Crippen LogP) is 5.45. The Morgan fingerprint density at radius 3 is 2.52 bits per heavy atom. The lowest BCUT2D eigenvalue weighted by Gasteiger charge is -2.24. The lowest BCUT2D eigenvalue weighted by Crippen LogP contribution is -2.40. The van der Waals surface area contributed by atoms with E-state index in [9.17, 15) is 9.59 Å². The molecule has 1 aliphatic rings. The Kier molecular flexibility index (Phi) is 7.00. The predicted molar refractivity (Wildman–Crippen MR) is 159 cm³/mol. The van der Waals surface area contributed by atoms with Crippen LogP contribution in [-0.4, -0.2) is 21.7 Å². The van der Waals surface area contributed by atoms with Crippen LogP contribution in [0.1, 0.15) is 36.7 Å². The second kappa shape index (κ2) is 10.8. The third-order valence-electron chi connectivity index (χ3n) is 7.01. The van der Waals surface area contributed by atoms with Gasteiger partial charge in [-0.05, 0) is 55.3 Å². The molecule has 200 valence electrons. The van der Waals surface area contributed by atoms with Crippen LogP contribution < -0.4 is 14.9 Å². The summed E-state index contributed by atoms with van der Waals surface area (Å²) in [5.41, 5.74) is 4.62. The lowest BCUT2D eigenvalue weighted by atomic mass is 9.96. The van der Waals surface area contributed by atoms with Crippen molar-refractivity contribution in [2.75, 3.05) is 6.61 Å². The van der Waals surface area contributed by atoms with Crippen molar-refractivity contribution in [1.82, 2.24) is 9.13 Å². The first-order valence-corrected chi connectivity index (χ1v) is 14.2. The summed E-state index contributed by atoms with van der Waals surface area (Å²) in [6, 6.07) is 27.0. The Hall–Kier alpha value is -4.20. The normalized spacial score (nSPS) is 15.3. The van der Waals surface area contributed by atoms with Crippen molar-refractivity contribution in [3.8, 4) is 0 Å². The summed E-state index contributed by atoms with van der Waals surface area (Å²) in [6.07, 6.45) is 1.92. The molecular formula is C32H26ClN3O3S. The average molecular weight is 568 g/mol. The molecule has 0 fully saturated rings. The van der Waals surface area contributed by atoms with Crippen LogP contribution in [0.5, 0.6) is 0 Å². The summed E-state index contributed by atoms with van der Waals surface area (Å²) in [4.78, 5) is 32.4. The van der Waals surface area contributed by atoms with Crippen LogP contribution in [0.15, 0.2) is 106 Å². The number of allylic oxidation sites excluding steroid dienone is 1. The largest absolute Gasteiger partial charge is 0.463 e. The molecule has 0 spiro atoms. The average Bonchev–Trinajstić information content (AvgIpc) is 3.46. The number of fused-ring (bicyclic) bond motifs is 2. The van der Waals surface area contributed by atoms with Crippen LogP contribution in [-0.2, 0) is 16.1 Å². The highest BCUT2D eigenvalue weighted by atomic mass is 35.5. The molecule has 0 N–H and O–H groups in total. The summed E-state index contributed by atoms with van der Waals surface area (Å²) >= 11 is 7.44. The van der Waals surface area contributed by atoms with Gasteiger partial charge in [-0.2, -0.15) is 0 Å². The molecule has 40 heavy (non-hydrogen) atoms. The fourth-order valence-electron chi connectivity index (χ4n) is 5.18. The van der Waals surface area contributed by atoms with Gasteiger partial charge < -0.3 is 9.30 Å². The summed E-state index contributed by atoms with van der Waals surface area (Å²) < 4.78 is 9.74. The fourth-order valence-corrected chi connectivity index (χ4v) is 6.33. The number of carbonyl (C=O) groups is 1. The van der Waals surface area contributed by atoms with Gasteiger partial charge in [-0.1, -0.05) is 83.6 Å². The van der Waals surface area contributed by atoms with Crippen molar-refractivity contribution in [2.24, 2.45) is 4.99 Å². The van der Waals surface area contributed by atoms with Crippen molar-refractivity contribution in [2.45, 2.75) is 26.4 Å². The van der Waals surface area contributed by atoms with E-state index in [-0.39, 0.29) is 12.2 Å². The van der Waals surface area contributed by atoms with E-state index in [2.05, 4.69) is 22.8 Å². The number of carbonyl (C=O) groups excluding carboxylic acids is 1. The zero-order valence-corrected chi connectivity index (χ0v) is 23.6. The molecular weight excluding hydrogens is 542 g/mol. The van der Waals surface area contributed by atoms with Crippen LogP contribution >= 0.6 is 22.9 Å². The fraction of sp³-hybridized carbons (Fsp3) is 0.156. The minimum atomic E-state index is -0.626. The molecule has 0 saturated heterocycles. The number of halogens is 1. The van der Waals surface area contributed by atoms with Gasteiger partial charge in [0.2, 0.25) is 0 Å². The lowest BCUT2D eigenvalue weighted by molar-refractivity contribution is -0.139. The number of hydrogen-bond acceptors (Lipinski definition) is 5. The van der Waals surface area contributed by atoms with Gasteiger partial charge in [-0.15, -0.1) is 0 Å². The summed E-state index contributed by atoms with van der Waals surface area (Å²) in [5, 5.41) is 1.77. The molecule has 6 rings (SSSR count). The zero-order chi connectivity index (χ0) is 27.8. The van der Waals surface area contributed by atoms with Crippen molar-refractivity contribution in [3.05, 3.63) is 138 Å². The second-order valence-corrected chi connectivity index (χ2v) is 11.0. The van der Waals surface area contributed by atoms with Crippen LogP contribution in [0.2, 0.25) is 5.02 Å². The minimum Gasteiger partial charge on any atom is -0.463 e. The van der Waals surface area contributed by atoms with Crippen LogP contribution in [0.4, 0.5) is 0 Å². The molecule has 5 aromatic rings. The Labute approximate surface area is 239 Å².